The number of aromatic nitrogens is 3. The monoisotopic (exact) mass is 303 g/mol. The van der Waals surface area contributed by atoms with E-state index in [9.17, 15) is 5.11 Å². The van der Waals surface area contributed by atoms with Crippen molar-refractivity contribution in [1.82, 2.24) is 14.4 Å². The van der Waals surface area contributed by atoms with Crippen molar-refractivity contribution in [3.05, 3.63) is 53.0 Å². The molecule has 1 N–H and O–H groups in total. The highest BCUT2D eigenvalue weighted by Crippen LogP contribution is 2.25. The van der Waals surface area contributed by atoms with Gasteiger partial charge in [0.25, 0.3) is 0 Å². The Morgan fingerprint density at radius 2 is 1.94 bits per heavy atom. The van der Waals surface area contributed by atoms with Crippen LogP contribution in [0.4, 0.5) is 0 Å². The predicted molar refractivity (Wildman–Crippen MR) is 72.0 cm³/mol. The number of pyridine rings is 2. The SMILES string of the molecule is OCc1c(-c2ccncc2)nc2ccc(Br)cn12. The largest absolute Gasteiger partial charge is 0.390 e. The smallest absolute Gasteiger partial charge is 0.137 e. The third kappa shape index (κ3) is 1.81. The van der Waals surface area contributed by atoms with Crippen molar-refractivity contribution in [2.75, 3.05) is 0 Å². The topological polar surface area (TPSA) is 50.4 Å². The van der Waals surface area contributed by atoms with E-state index in [-0.39, 0.29) is 6.61 Å². The van der Waals surface area contributed by atoms with Crippen LogP contribution in [0.25, 0.3) is 16.9 Å². The summed E-state index contributed by atoms with van der Waals surface area (Å²) in [6.07, 6.45) is 5.34. The zero-order valence-electron chi connectivity index (χ0n) is 9.42. The molecule has 0 aliphatic heterocycles. The highest BCUT2D eigenvalue weighted by Gasteiger charge is 2.12. The van der Waals surface area contributed by atoms with Gasteiger partial charge in [-0.25, -0.2) is 4.98 Å². The van der Waals surface area contributed by atoms with Gasteiger partial charge < -0.3 is 5.11 Å². The van der Waals surface area contributed by atoms with Gasteiger partial charge in [0.2, 0.25) is 0 Å². The average molecular weight is 304 g/mol. The van der Waals surface area contributed by atoms with Crippen molar-refractivity contribution in [1.29, 1.82) is 0 Å². The lowest BCUT2D eigenvalue weighted by Gasteiger charge is -2.01. The highest BCUT2D eigenvalue weighted by atomic mass is 79.9. The maximum atomic E-state index is 9.57. The molecule has 4 nitrogen and oxygen atoms in total. The van der Waals surface area contributed by atoms with E-state index < -0.39 is 0 Å². The summed E-state index contributed by atoms with van der Waals surface area (Å²) in [5, 5.41) is 9.57. The van der Waals surface area contributed by atoms with E-state index in [2.05, 4.69) is 25.9 Å². The van der Waals surface area contributed by atoms with Crippen LogP contribution in [0.3, 0.4) is 0 Å². The second-order valence-corrected chi connectivity index (χ2v) is 4.79. The van der Waals surface area contributed by atoms with Crippen molar-refractivity contribution < 1.29 is 5.11 Å². The lowest BCUT2D eigenvalue weighted by Crippen LogP contribution is -1.94. The molecule has 0 aliphatic rings. The number of nitrogens with zero attached hydrogens (tertiary/aromatic N) is 3. The van der Waals surface area contributed by atoms with Gasteiger partial charge in [0, 0.05) is 28.6 Å². The molecule has 0 spiro atoms. The quantitative estimate of drug-likeness (QED) is 0.792. The Balaban J connectivity index is 2.30. The molecule has 0 unspecified atom stereocenters. The van der Waals surface area contributed by atoms with E-state index in [4.69, 9.17) is 0 Å². The van der Waals surface area contributed by atoms with Gasteiger partial charge in [-0.3, -0.25) is 9.38 Å². The number of rotatable bonds is 2. The molecule has 0 saturated carbocycles. The molecular formula is C13H10BrN3O. The molecule has 0 bridgehead atoms. The fraction of sp³-hybridized carbons (Fsp3) is 0.0769. The van der Waals surface area contributed by atoms with Gasteiger partial charge in [0.15, 0.2) is 0 Å². The van der Waals surface area contributed by atoms with Gasteiger partial charge in [-0.2, -0.15) is 0 Å². The van der Waals surface area contributed by atoms with Crippen LogP contribution in [0, 0.1) is 0 Å². The Kier molecular flexibility index (Phi) is 2.85. The number of hydrogen-bond acceptors (Lipinski definition) is 3. The molecule has 0 saturated heterocycles. The molecule has 0 amide bonds. The summed E-state index contributed by atoms with van der Waals surface area (Å²) < 4.78 is 2.84. The maximum absolute atomic E-state index is 9.57. The first-order valence-electron chi connectivity index (χ1n) is 5.47. The Hall–Kier alpha value is -1.72. The molecule has 0 aromatic carbocycles. The second-order valence-electron chi connectivity index (χ2n) is 3.88. The lowest BCUT2D eigenvalue weighted by atomic mass is 10.1. The second kappa shape index (κ2) is 4.51. The fourth-order valence-electron chi connectivity index (χ4n) is 1.96. The fourth-order valence-corrected chi connectivity index (χ4v) is 2.30. The van der Waals surface area contributed by atoms with Crippen LogP contribution in [-0.4, -0.2) is 19.5 Å². The van der Waals surface area contributed by atoms with E-state index in [1.807, 2.05) is 34.9 Å². The minimum Gasteiger partial charge on any atom is -0.390 e. The number of hydrogen-bond donors (Lipinski definition) is 1. The molecule has 3 aromatic rings. The van der Waals surface area contributed by atoms with Gasteiger partial charge in [0.1, 0.15) is 5.65 Å². The predicted octanol–water partition coefficient (Wildman–Crippen LogP) is 2.65. The zero-order chi connectivity index (χ0) is 12.5. The Morgan fingerprint density at radius 3 is 2.67 bits per heavy atom. The van der Waals surface area contributed by atoms with Crippen LogP contribution in [-0.2, 0) is 6.61 Å². The van der Waals surface area contributed by atoms with E-state index >= 15 is 0 Å². The normalized spacial score (nSPS) is 11.0. The zero-order valence-corrected chi connectivity index (χ0v) is 11.0. The molecule has 3 rings (SSSR count). The summed E-state index contributed by atoms with van der Waals surface area (Å²) in [5.74, 6) is 0. The molecule has 0 radical (unpaired) electrons. The number of imidazole rings is 1. The van der Waals surface area contributed by atoms with Crippen molar-refractivity contribution in [2.45, 2.75) is 6.61 Å². The van der Waals surface area contributed by atoms with Crippen molar-refractivity contribution in [3.63, 3.8) is 0 Å². The summed E-state index contributed by atoms with van der Waals surface area (Å²) in [7, 11) is 0. The van der Waals surface area contributed by atoms with Crippen LogP contribution in [0.1, 0.15) is 5.69 Å². The summed E-state index contributed by atoms with van der Waals surface area (Å²) >= 11 is 3.42. The maximum Gasteiger partial charge on any atom is 0.137 e. The number of aliphatic hydroxyl groups is 1. The van der Waals surface area contributed by atoms with E-state index in [0.717, 1.165) is 27.1 Å². The molecule has 3 heterocycles. The number of halogens is 1. The van der Waals surface area contributed by atoms with Gasteiger partial charge >= 0.3 is 0 Å². The molecule has 0 aliphatic carbocycles. The summed E-state index contributed by atoms with van der Waals surface area (Å²) in [6.45, 7) is -0.0602. The first-order valence-corrected chi connectivity index (χ1v) is 6.26. The molecule has 3 aromatic heterocycles. The molecule has 5 heteroatoms. The lowest BCUT2D eigenvalue weighted by molar-refractivity contribution is 0.276. The van der Waals surface area contributed by atoms with Gasteiger partial charge in [-0.15, -0.1) is 0 Å². The summed E-state index contributed by atoms with van der Waals surface area (Å²) in [5.41, 5.74) is 3.33. The van der Waals surface area contributed by atoms with Crippen molar-refractivity contribution in [2.24, 2.45) is 0 Å². The minimum atomic E-state index is -0.0602. The number of fused-ring (bicyclic) bond motifs is 1. The molecule has 18 heavy (non-hydrogen) atoms. The number of aliphatic hydroxyl groups excluding tert-OH is 1. The Bertz CT molecular complexity index is 694. The molecule has 90 valence electrons. The third-order valence-corrected chi connectivity index (χ3v) is 3.25. The average Bonchev–Trinajstić information content (AvgIpc) is 2.77. The minimum absolute atomic E-state index is 0.0602. The Morgan fingerprint density at radius 1 is 1.17 bits per heavy atom. The highest BCUT2D eigenvalue weighted by molar-refractivity contribution is 9.10. The van der Waals surface area contributed by atoms with Crippen LogP contribution in [0.15, 0.2) is 47.3 Å². The molecular weight excluding hydrogens is 294 g/mol. The van der Waals surface area contributed by atoms with Gasteiger partial charge in [-0.1, -0.05) is 0 Å². The Labute approximate surface area is 112 Å². The van der Waals surface area contributed by atoms with Crippen molar-refractivity contribution >= 4 is 21.6 Å². The standard InChI is InChI=1S/C13H10BrN3O/c14-10-1-2-12-16-13(9-3-5-15-6-4-9)11(8-18)17(12)7-10/h1-7,18H,8H2. The van der Waals surface area contributed by atoms with Gasteiger partial charge in [0.05, 0.1) is 18.0 Å². The van der Waals surface area contributed by atoms with E-state index in [0.29, 0.717) is 0 Å². The van der Waals surface area contributed by atoms with Crippen molar-refractivity contribution in [3.8, 4) is 11.3 Å². The summed E-state index contributed by atoms with van der Waals surface area (Å²) in [6, 6.07) is 7.61. The van der Waals surface area contributed by atoms with Crippen LogP contribution >= 0.6 is 15.9 Å². The third-order valence-electron chi connectivity index (χ3n) is 2.78. The molecule has 0 fully saturated rings. The van der Waals surface area contributed by atoms with Crippen LogP contribution < -0.4 is 0 Å². The first kappa shape index (κ1) is 11.4. The van der Waals surface area contributed by atoms with Crippen LogP contribution in [0.5, 0.6) is 0 Å². The van der Waals surface area contributed by atoms with E-state index in [1.54, 1.807) is 12.4 Å². The van der Waals surface area contributed by atoms with E-state index in [1.165, 1.54) is 0 Å². The van der Waals surface area contributed by atoms with Gasteiger partial charge in [-0.05, 0) is 40.2 Å². The van der Waals surface area contributed by atoms with Crippen LogP contribution in [0.2, 0.25) is 0 Å². The molecule has 0 atom stereocenters. The first-order chi connectivity index (χ1) is 8.79. The summed E-state index contributed by atoms with van der Waals surface area (Å²) in [4.78, 5) is 8.54.